The third-order valence-corrected chi connectivity index (χ3v) is 4.05. The Kier molecular flexibility index (Phi) is 3.63. The van der Waals surface area contributed by atoms with Gasteiger partial charge in [-0.15, -0.1) is 0 Å². The Morgan fingerprint density at radius 1 is 1.44 bits per heavy atom. The molecule has 1 saturated heterocycles. The van der Waals surface area contributed by atoms with E-state index in [1.165, 1.54) is 25.6 Å². The fourth-order valence-electron chi connectivity index (χ4n) is 2.15. The van der Waals surface area contributed by atoms with Gasteiger partial charge in [0.15, 0.2) is 0 Å². The summed E-state index contributed by atoms with van der Waals surface area (Å²) in [5, 5.41) is 0. The number of piperidine rings is 1. The zero-order chi connectivity index (χ0) is 11.5. The summed E-state index contributed by atoms with van der Waals surface area (Å²) in [7, 11) is 0. The normalized spacial score (nSPS) is 17.8. The number of anilines is 2. The fraction of sp³-hybridized carbons (Fsp3) is 0.636. The van der Waals surface area contributed by atoms with E-state index in [0.717, 1.165) is 29.3 Å². The number of nitrogens with zero attached hydrogens (tertiary/aromatic N) is 3. The summed E-state index contributed by atoms with van der Waals surface area (Å²) in [6, 6.07) is 0. The first kappa shape index (κ1) is 11.6. The maximum atomic E-state index is 5.76. The van der Waals surface area contributed by atoms with Crippen molar-refractivity contribution in [2.45, 2.75) is 26.2 Å². The van der Waals surface area contributed by atoms with Crippen molar-refractivity contribution in [3.63, 3.8) is 0 Å². The van der Waals surface area contributed by atoms with Crippen LogP contribution >= 0.6 is 15.9 Å². The monoisotopic (exact) mass is 284 g/mol. The van der Waals surface area contributed by atoms with Crippen LogP contribution in [-0.4, -0.2) is 23.1 Å². The Hall–Kier alpha value is -0.840. The molecular weight excluding hydrogens is 268 g/mol. The average molecular weight is 285 g/mol. The summed E-state index contributed by atoms with van der Waals surface area (Å²) in [4.78, 5) is 10.5. The summed E-state index contributed by atoms with van der Waals surface area (Å²) < 4.78 is 0.824. The molecule has 0 bridgehead atoms. The summed E-state index contributed by atoms with van der Waals surface area (Å²) in [5.74, 6) is 2.32. The van der Waals surface area contributed by atoms with Crippen LogP contribution in [0.15, 0.2) is 10.8 Å². The van der Waals surface area contributed by atoms with Gasteiger partial charge in [-0.2, -0.15) is 0 Å². The number of halogens is 1. The largest absolute Gasteiger partial charge is 0.383 e. The molecule has 0 radical (unpaired) electrons. The van der Waals surface area contributed by atoms with Gasteiger partial charge in [-0.05, 0) is 34.7 Å². The predicted molar refractivity (Wildman–Crippen MR) is 69.4 cm³/mol. The van der Waals surface area contributed by atoms with E-state index in [2.05, 4.69) is 37.7 Å². The Bertz CT molecular complexity index is 361. The van der Waals surface area contributed by atoms with Crippen LogP contribution < -0.4 is 10.6 Å². The molecule has 16 heavy (non-hydrogen) atoms. The lowest BCUT2D eigenvalue weighted by molar-refractivity contribution is 0.393. The molecule has 1 aliphatic rings. The van der Waals surface area contributed by atoms with Gasteiger partial charge in [-0.25, -0.2) is 9.97 Å². The number of hydrogen-bond acceptors (Lipinski definition) is 4. The van der Waals surface area contributed by atoms with E-state index in [0.29, 0.717) is 5.82 Å². The molecule has 1 aliphatic heterocycles. The zero-order valence-electron chi connectivity index (χ0n) is 9.49. The van der Waals surface area contributed by atoms with Gasteiger partial charge in [-0.3, -0.25) is 0 Å². The number of nitrogen functional groups attached to an aromatic ring is 1. The molecular formula is C11H17BrN4. The summed E-state index contributed by atoms with van der Waals surface area (Å²) >= 11 is 3.46. The van der Waals surface area contributed by atoms with E-state index < -0.39 is 0 Å². The van der Waals surface area contributed by atoms with Crippen molar-refractivity contribution in [3.8, 4) is 0 Å². The van der Waals surface area contributed by atoms with E-state index in [9.17, 15) is 0 Å². The van der Waals surface area contributed by atoms with Crippen molar-refractivity contribution in [2.24, 2.45) is 5.92 Å². The SMILES string of the molecule is CCC1CCN(c2ncnc(N)c2Br)CC1. The van der Waals surface area contributed by atoms with Gasteiger partial charge in [0.2, 0.25) is 0 Å². The number of hydrogen-bond donors (Lipinski definition) is 1. The fourth-order valence-corrected chi connectivity index (χ4v) is 2.60. The van der Waals surface area contributed by atoms with Gasteiger partial charge < -0.3 is 10.6 Å². The van der Waals surface area contributed by atoms with Crippen LogP contribution in [0.3, 0.4) is 0 Å². The molecule has 1 fully saturated rings. The van der Waals surface area contributed by atoms with E-state index in [1.54, 1.807) is 0 Å². The van der Waals surface area contributed by atoms with Crippen LogP contribution in [0, 0.1) is 5.92 Å². The first-order valence-electron chi connectivity index (χ1n) is 5.73. The van der Waals surface area contributed by atoms with E-state index in [1.807, 2.05) is 0 Å². The summed E-state index contributed by atoms with van der Waals surface area (Å²) in [5.41, 5.74) is 5.76. The van der Waals surface area contributed by atoms with Gasteiger partial charge in [0.1, 0.15) is 22.4 Å². The van der Waals surface area contributed by atoms with Crippen molar-refractivity contribution < 1.29 is 0 Å². The highest BCUT2D eigenvalue weighted by molar-refractivity contribution is 9.10. The number of rotatable bonds is 2. The molecule has 2 N–H and O–H groups in total. The van der Waals surface area contributed by atoms with Crippen molar-refractivity contribution >= 4 is 27.6 Å². The van der Waals surface area contributed by atoms with Gasteiger partial charge in [0, 0.05) is 13.1 Å². The molecule has 0 amide bonds. The Morgan fingerprint density at radius 3 is 2.75 bits per heavy atom. The van der Waals surface area contributed by atoms with Crippen molar-refractivity contribution in [3.05, 3.63) is 10.8 Å². The van der Waals surface area contributed by atoms with Crippen LogP contribution in [0.1, 0.15) is 26.2 Å². The Labute approximate surface area is 104 Å². The smallest absolute Gasteiger partial charge is 0.148 e. The highest BCUT2D eigenvalue weighted by Crippen LogP contribution is 2.31. The lowest BCUT2D eigenvalue weighted by atomic mass is 9.94. The zero-order valence-corrected chi connectivity index (χ0v) is 11.1. The van der Waals surface area contributed by atoms with Gasteiger partial charge in [-0.1, -0.05) is 13.3 Å². The van der Waals surface area contributed by atoms with Crippen LogP contribution in [0.25, 0.3) is 0 Å². The Morgan fingerprint density at radius 2 is 2.12 bits per heavy atom. The number of aromatic nitrogens is 2. The van der Waals surface area contributed by atoms with Crippen molar-refractivity contribution in [1.29, 1.82) is 0 Å². The van der Waals surface area contributed by atoms with Crippen LogP contribution in [-0.2, 0) is 0 Å². The molecule has 0 aromatic carbocycles. The van der Waals surface area contributed by atoms with Crippen molar-refractivity contribution in [2.75, 3.05) is 23.7 Å². The number of nitrogens with two attached hydrogens (primary N) is 1. The third-order valence-electron chi connectivity index (χ3n) is 3.29. The molecule has 2 rings (SSSR count). The van der Waals surface area contributed by atoms with E-state index in [-0.39, 0.29) is 0 Å². The van der Waals surface area contributed by atoms with E-state index in [4.69, 9.17) is 5.73 Å². The second-order valence-electron chi connectivity index (χ2n) is 4.24. The molecule has 88 valence electrons. The molecule has 0 spiro atoms. The first-order chi connectivity index (χ1) is 7.72. The highest BCUT2D eigenvalue weighted by atomic mass is 79.9. The molecule has 0 unspecified atom stereocenters. The average Bonchev–Trinajstić information content (AvgIpc) is 2.33. The van der Waals surface area contributed by atoms with Crippen molar-refractivity contribution in [1.82, 2.24) is 9.97 Å². The van der Waals surface area contributed by atoms with Gasteiger partial charge >= 0.3 is 0 Å². The third kappa shape index (κ3) is 2.29. The standard InChI is InChI=1S/C11H17BrN4/c1-2-8-3-5-16(6-4-8)11-9(12)10(13)14-7-15-11/h7-8H,2-6H2,1H3,(H2,13,14,15). The van der Waals surface area contributed by atoms with Gasteiger partial charge in [0.25, 0.3) is 0 Å². The van der Waals surface area contributed by atoms with Crippen LogP contribution in [0.4, 0.5) is 11.6 Å². The summed E-state index contributed by atoms with van der Waals surface area (Å²) in [6.07, 6.45) is 5.29. The lowest BCUT2D eigenvalue weighted by Gasteiger charge is -2.32. The molecule has 1 aromatic heterocycles. The minimum absolute atomic E-state index is 0.516. The molecule has 5 heteroatoms. The second kappa shape index (κ2) is 4.99. The van der Waals surface area contributed by atoms with Crippen LogP contribution in [0.2, 0.25) is 0 Å². The molecule has 2 heterocycles. The minimum atomic E-state index is 0.516. The highest BCUT2D eigenvalue weighted by Gasteiger charge is 2.21. The maximum Gasteiger partial charge on any atom is 0.148 e. The predicted octanol–water partition coefficient (Wildman–Crippen LogP) is 2.45. The molecule has 0 atom stereocenters. The first-order valence-corrected chi connectivity index (χ1v) is 6.52. The second-order valence-corrected chi connectivity index (χ2v) is 5.03. The topological polar surface area (TPSA) is 55.0 Å². The van der Waals surface area contributed by atoms with Crippen LogP contribution in [0.5, 0.6) is 0 Å². The molecule has 1 aromatic rings. The maximum absolute atomic E-state index is 5.76. The lowest BCUT2D eigenvalue weighted by Crippen LogP contribution is -2.34. The quantitative estimate of drug-likeness (QED) is 0.906. The van der Waals surface area contributed by atoms with E-state index >= 15 is 0 Å². The van der Waals surface area contributed by atoms with Gasteiger partial charge in [0.05, 0.1) is 0 Å². The molecule has 0 aliphatic carbocycles. The summed E-state index contributed by atoms with van der Waals surface area (Å²) in [6.45, 7) is 4.39. The minimum Gasteiger partial charge on any atom is -0.383 e. The molecule has 0 saturated carbocycles. The Balaban J connectivity index is 2.11. The molecule has 4 nitrogen and oxygen atoms in total.